The molecule has 0 aliphatic carbocycles. The highest BCUT2D eigenvalue weighted by molar-refractivity contribution is 5.96. The number of hydrogen-bond donors (Lipinski definition) is 1. The van der Waals surface area contributed by atoms with Gasteiger partial charge in [0.05, 0.1) is 6.61 Å². The zero-order chi connectivity index (χ0) is 12.0. The van der Waals surface area contributed by atoms with Crippen molar-refractivity contribution in [2.45, 2.75) is 32.7 Å². The van der Waals surface area contributed by atoms with Gasteiger partial charge in [-0.3, -0.25) is 4.79 Å². The van der Waals surface area contributed by atoms with Gasteiger partial charge in [0.15, 0.2) is 5.78 Å². The number of carbonyl (C=O) groups excluding carboxylic acids is 1. The lowest BCUT2D eigenvalue weighted by molar-refractivity contribution is 0.0977. The average Bonchev–Trinajstić information content (AvgIpc) is 2.26. The van der Waals surface area contributed by atoms with E-state index in [9.17, 15) is 4.79 Å². The van der Waals surface area contributed by atoms with Crippen molar-refractivity contribution < 1.29 is 9.53 Å². The molecule has 0 spiro atoms. The van der Waals surface area contributed by atoms with Crippen LogP contribution in [0.2, 0.25) is 0 Å². The standard InChI is InChI=1S/C13H19NO2/c1-3-16-12-6-4-5-11(9-12)13(15)8-7-10(2)14/h4-6,9-10H,3,7-8,14H2,1-2H3. The maximum absolute atomic E-state index is 11.8. The molecule has 16 heavy (non-hydrogen) atoms. The summed E-state index contributed by atoms with van der Waals surface area (Å²) in [7, 11) is 0. The summed E-state index contributed by atoms with van der Waals surface area (Å²) in [6, 6.07) is 7.36. The lowest BCUT2D eigenvalue weighted by Gasteiger charge is -2.06. The Morgan fingerprint density at radius 1 is 1.50 bits per heavy atom. The van der Waals surface area contributed by atoms with Crippen molar-refractivity contribution in [1.82, 2.24) is 0 Å². The van der Waals surface area contributed by atoms with Crippen molar-refractivity contribution in [2.75, 3.05) is 6.61 Å². The summed E-state index contributed by atoms with van der Waals surface area (Å²) >= 11 is 0. The zero-order valence-corrected chi connectivity index (χ0v) is 9.90. The molecule has 1 unspecified atom stereocenters. The Hall–Kier alpha value is -1.35. The molecule has 2 N–H and O–H groups in total. The molecule has 1 aromatic rings. The molecule has 0 bridgehead atoms. The molecule has 0 aliphatic heterocycles. The fraction of sp³-hybridized carbons (Fsp3) is 0.462. The molecule has 3 heteroatoms. The summed E-state index contributed by atoms with van der Waals surface area (Å²) in [6.07, 6.45) is 1.21. The second kappa shape index (κ2) is 6.28. The second-order valence-electron chi connectivity index (χ2n) is 3.90. The highest BCUT2D eigenvalue weighted by Gasteiger charge is 2.07. The van der Waals surface area contributed by atoms with E-state index in [1.807, 2.05) is 32.0 Å². The van der Waals surface area contributed by atoms with Crippen LogP contribution in [0, 0.1) is 0 Å². The molecular formula is C13H19NO2. The SMILES string of the molecule is CCOc1cccc(C(=O)CCC(C)N)c1. The summed E-state index contributed by atoms with van der Waals surface area (Å²) in [5.74, 6) is 0.869. The first kappa shape index (κ1) is 12.7. The molecule has 88 valence electrons. The number of Topliss-reactive ketones (excluding diaryl/α,β-unsaturated/α-hetero) is 1. The van der Waals surface area contributed by atoms with Crippen LogP contribution in [-0.4, -0.2) is 18.4 Å². The predicted octanol–water partition coefficient (Wildman–Crippen LogP) is 2.40. The van der Waals surface area contributed by atoms with Gasteiger partial charge in [0.2, 0.25) is 0 Å². The number of ether oxygens (including phenoxy) is 1. The minimum absolute atomic E-state index is 0.0685. The normalized spacial score (nSPS) is 12.2. The monoisotopic (exact) mass is 221 g/mol. The minimum Gasteiger partial charge on any atom is -0.494 e. The average molecular weight is 221 g/mol. The van der Waals surface area contributed by atoms with Crippen molar-refractivity contribution in [1.29, 1.82) is 0 Å². The van der Waals surface area contributed by atoms with E-state index < -0.39 is 0 Å². The third kappa shape index (κ3) is 4.03. The van der Waals surface area contributed by atoms with Gasteiger partial charge < -0.3 is 10.5 Å². The number of rotatable bonds is 6. The van der Waals surface area contributed by atoms with Crippen LogP contribution in [0.15, 0.2) is 24.3 Å². The van der Waals surface area contributed by atoms with Crippen molar-refractivity contribution >= 4 is 5.78 Å². The van der Waals surface area contributed by atoms with Crippen molar-refractivity contribution in [3.8, 4) is 5.75 Å². The van der Waals surface area contributed by atoms with Gasteiger partial charge in [0.1, 0.15) is 5.75 Å². The van der Waals surface area contributed by atoms with E-state index in [1.165, 1.54) is 0 Å². The lowest BCUT2D eigenvalue weighted by Crippen LogP contribution is -2.16. The molecular weight excluding hydrogens is 202 g/mol. The Kier molecular flexibility index (Phi) is 4.99. The molecule has 1 atom stereocenters. The van der Waals surface area contributed by atoms with Crippen LogP contribution in [0.5, 0.6) is 5.75 Å². The fourth-order valence-corrected chi connectivity index (χ4v) is 1.43. The largest absolute Gasteiger partial charge is 0.494 e. The quantitative estimate of drug-likeness (QED) is 0.750. The number of nitrogens with two attached hydrogens (primary N) is 1. The molecule has 0 fully saturated rings. The zero-order valence-electron chi connectivity index (χ0n) is 9.90. The summed E-state index contributed by atoms with van der Waals surface area (Å²) in [5, 5.41) is 0. The molecule has 0 saturated carbocycles. The van der Waals surface area contributed by atoms with Gasteiger partial charge in [0.25, 0.3) is 0 Å². The topological polar surface area (TPSA) is 52.3 Å². The van der Waals surface area contributed by atoms with Gasteiger partial charge in [-0.05, 0) is 32.4 Å². The van der Waals surface area contributed by atoms with E-state index >= 15 is 0 Å². The number of benzene rings is 1. The highest BCUT2D eigenvalue weighted by atomic mass is 16.5. The Balaban J connectivity index is 2.64. The van der Waals surface area contributed by atoms with Crippen LogP contribution >= 0.6 is 0 Å². The summed E-state index contributed by atoms with van der Waals surface area (Å²) in [4.78, 5) is 11.8. The van der Waals surface area contributed by atoms with Gasteiger partial charge in [-0.15, -0.1) is 0 Å². The first-order valence-electron chi connectivity index (χ1n) is 5.65. The maximum Gasteiger partial charge on any atom is 0.163 e. The number of carbonyl (C=O) groups is 1. The van der Waals surface area contributed by atoms with Gasteiger partial charge in [-0.1, -0.05) is 12.1 Å². The molecule has 0 saturated heterocycles. The van der Waals surface area contributed by atoms with Gasteiger partial charge in [-0.2, -0.15) is 0 Å². The van der Waals surface area contributed by atoms with Gasteiger partial charge >= 0.3 is 0 Å². The van der Waals surface area contributed by atoms with E-state index in [0.717, 1.165) is 12.2 Å². The van der Waals surface area contributed by atoms with Crippen LogP contribution in [-0.2, 0) is 0 Å². The highest BCUT2D eigenvalue weighted by Crippen LogP contribution is 2.15. The van der Waals surface area contributed by atoms with Crippen molar-refractivity contribution in [3.05, 3.63) is 29.8 Å². The molecule has 0 amide bonds. The Bertz CT molecular complexity index is 348. The van der Waals surface area contributed by atoms with Crippen LogP contribution in [0.25, 0.3) is 0 Å². The van der Waals surface area contributed by atoms with Crippen molar-refractivity contribution in [3.63, 3.8) is 0 Å². The lowest BCUT2D eigenvalue weighted by atomic mass is 10.0. The van der Waals surface area contributed by atoms with E-state index in [2.05, 4.69) is 0 Å². The maximum atomic E-state index is 11.8. The molecule has 0 aromatic heterocycles. The number of hydrogen-bond acceptors (Lipinski definition) is 3. The third-order valence-electron chi connectivity index (χ3n) is 2.29. The first-order valence-corrected chi connectivity index (χ1v) is 5.65. The molecule has 1 rings (SSSR count). The molecule has 0 aliphatic rings. The predicted molar refractivity (Wildman–Crippen MR) is 64.8 cm³/mol. The van der Waals surface area contributed by atoms with Crippen LogP contribution in [0.3, 0.4) is 0 Å². The Morgan fingerprint density at radius 3 is 2.88 bits per heavy atom. The molecule has 0 radical (unpaired) electrons. The summed E-state index contributed by atoms with van der Waals surface area (Å²) < 4.78 is 5.35. The first-order chi connectivity index (χ1) is 7.63. The Morgan fingerprint density at radius 2 is 2.25 bits per heavy atom. The van der Waals surface area contributed by atoms with Crippen LogP contribution in [0.1, 0.15) is 37.0 Å². The van der Waals surface area contributed by atoms with Crippen molar-refractivity contribution in [2.24, 2.45) is 5.73 Å². The van der Waals surface area contributed by atoms with E-state index in [4.69, 9.17) is 10.5 Å². The fourth-order valence-electron chi connectivity index (χ4n) is 1.43. The van der Waals surface area contributed by atoms with Gasteiger partial charge in [0, 0.05) is 18.0 Å². The minimum atomic E-state index is 0.0685. The van der Waals surface area contributed by atoms with Crippen LogP contribution < -0.4 is 10.5 Å². The second-order valence-corrected chi connectivity index (χ2v) is 3.90. The summed E-state index contributed by atoms with van der Waals surface area (Å²) in [5.41, 5.74) is 6.32. The van der Waals surface area contributed by atoms with Crippen LogP contribution in [0.4, 0.5) is 0 Å². The van der Waals surface area contributed by atoms with E-state index in [-0.39, 0.29) is 11.8 Å². The molecule has 0 heterocycles. The third-order valence-corrected chi connectivity index (χ3v) is 2.29. The summed E-state index contributed by atoms with van der Waals surface area (Å²) in [6.45, 7) is 4.44. The van der Waals surface area contributed by atoms with Gasteiger partial charge in [-0.25, -0.2) is 0 Å². The number of ketones is 1. The Labute approximate surface area is 96.6 Å². The molecule has 1 aromatic carbocycles. The van der Waals surface area contributed by atoms with E-state index in [0.29, 0.717) is 18.6 Å². The van der Waals surface area contributed by atoms with E-state index in [1.54, 1.807) is 6.07 Å². The smallest absolute Gasteiger partial charge is 0.163 e. The molecule has 3 nitrogen and oxygen atoms in total.